The van der Waals surface area contributed by atoms with Crippen LogP contribution in [0, 0.1) is 0 Å². The van der Waals surface area contributed by atoms with E-state index in [-0.39, 0.29) is 12.2 Å². The van der Waals surface area contributed by atoms with Crippen LogP contribution in [0.5, 0.6) is 0 Å². The molecule has 0 aliphatic rings. The molecule has 0 aromatic carbocycles. The number of hydrogen-bond acceptors (Lipinski definition) is 4. The third-order valence-electron chi connectivity index (χ3n) is 0.804. The predicted octanol–water partition coefficient (Wildman–Crippen LogP) is 1.97. The van der Waals surface area contributed by atoms with Crippen LogP contribution in [0.4, 0.5) is 0 Å². The fourth-order valence-corrected chi connectivity index (χ4v) is 0.857. The Labute approximate surface area is 71.8 Å². The van der Waals surface area contributed by atoms with Crippen LogP contribution in [0.1, 0.15) is 6.92 Å². The second-order valence-electron chi connectivity index (χ2n) is 1.97. The summed E-state index contributed by atoms with van der Waals surface area (Å²) >= 11 is 0. The van der Waals surface area contributed by atoms with Gasteiger partial charge in [-0.3, -0.25) is 0 Å². The van der Waals surface area contributed by atoms with E-state index in [1.54, 1.807) is 0 Å². The third-order valence-corrected chi connectivity index (χ3v) is 1.48. The van der Waals surface area contributed by atoms with Crippen molar-refractivity contribution in [2.45, 2.75) is 6.92 Å². The highest BCUT2D eigenvalue weighted by atomic mass is 31.1. The summed E-state index contributed by atoms with van der Waals surface area (Å²) in [6.07, 6.45) is 1.40. The minimum Gasteiger partial charge on any atom is -0.241 e. The van der Waals surface area contributed by atoms with Gasteiger partial charge in [-0.1, -0.05) is 12.7 Å². The molecule has 66 valence electrons. The van der Waals surface area contributed by atoms with E-state index in [1.165, 1.54) is 13.0 Å². The third kappa shape index (κ3) is 4.77. The van der Waals surface area contributed by atoms with Crippen molar-refractivity contribution in [1.82, 2.24) is 0 Å². The Morgan fingerprint density at radius 3 is 2.67 bits per heavy atom. The average Bonchev–Trinajstić information content (AvgIpc) is 2.00. The van der Waals surface area contributed by atoms with Crippen LogP contribution < -0.4 is 0 Å². The van der Waals surface area contributed by atoms with Crippen LogP contribution in [0.3, 0.4) is 0 Å². The lowest BCUT2D eigenvalue weighted by molar-refractivity contribution is -0.130. The van der Waals surface area contributed by atoms with E-state index in [2.05, 4.69) is 22.2 Å². The van der Waals surface area contributed by atoms with Gasteiger partial charge in [0.25, 0.3) is 0 Å². The lowest BCUT2D eigenvalue weighted by Gasteiger charge is -1.87. The van der Waals surface area contributed by atoms with Crippen molar-refractivity contribution in [2.75, 3.05) is 6.61 Å². The van der Waals surface area contributed by atoms with Crippen molar-refractivity contribution in [1.29, 1.82) is 0 Å². The van der Waals surface area contributed by atoms with Crippen LogP contribution >= 0.6 is 8.25 Å². The summed E-state index contributed by atoms with van der Waals surface area (Å²) < 4.78 is 19.5. The number of hydrogen-bond donors (Lipinski definition) is 0. The summed E-state index contributed by atoms with van der Waals surface area (Å²) in [5.74, 6) is -0.722. The van der Waals surface area contributed by atoms with Gasteiger partial charge in [-0.05, 0) is 6.92 Å². The van der Waals surface area contributed by atoms with Gasteiger partial charge in [0.05, 0.1) is 0 Å². The van der Waals surface area contributed by atoms with Crippen molar-refractivity contribution in [3.63, 3.8) is 0 Å². The molecular formula is C7H10O4P+. The molecule has 0 amide bonds. The zero-order valence-electron chi connectivity index (χ0n) is 6.78. The van der Waals surface area contributed by atoms with E-state index in [0.717, 1.165) is 0 Å². The van der Waals surface area contributed by atoms with E-state index in [4.69, 9.17) is 0 Å². The van der Waals surface area contributed by atoms with E-state index in [1.807, 2.05) is 0 Å². The first-order chi connectivity index (χ1) is 5.57. The molecule has 12 heavy (non-hydrogen) atoms. The molecule has 4 nitrogen and oxygen atoms in total. The highest BCUT2D eigenvalue weighted by Crippen LogP contribution is 2.24. The zero-order chi connectivity index (χ0) is 9.56. The predicted molar refractivity (Wildman–Crippen MR) is 44.7 cm³/mol. The molecule has 0 saturated carbocycles. The number of carbonyl (C=O) groups excluding carboxylic acids is 1. The van der Waals surface area contributed by atoms with Gasteiger partial charge in [-0.15, -0.1) is 11.1 Å². The summed E-state index contributed by atoms with van der Waals surface area (Å²) in [5.41, 5.74) is 0.181. The smallest absolute Gasteiger partial charge is 0.241 e. The standard InChI is InChI=1S/C7H10O4P/c1-4-5-10-12(9)11-7(8)6(2)3/h4H,1-2,5H2,3H3/q+1. The number of carbonyl (C=O) groups is 1. The van der Waals surface area contributed by atoms with Gasteiger partial charge < -0.3 is 0 Å². The Hall–Kier alpha value is -0.990. The van der Waals surface area contributed by atoms with Gasteiger partial charge in [0, 0.05) is 10.1 Å². The van der Waals surface area contributed by atoms with Gasteiger partial charge in [0.15, 0.2) is 0 Å². The molecule has 0 radical (unpaired) electrons. The lowest BCUT2D eigenvalue weighted by atomic mass is 10.4. The van der Waals surface area contributed by atoms with Crippen LogP contribution in [0.2, 0.25) is 0 Å². The SMILES string of the molecule is C=CCO[P+](=O)OC(=O)C(=C)C. The molecule has 0 N–H and O–H groups in total. The van der Waals surface area contributed by atoms with Crippen molar-refractivity contribution < 1.29 is 18.4 Å². The van der Waals surface area contributed by atoms with Crippen LogP contribution in [0.25, 0.3) is 0 Å². The molecule has 0 aromatic heterocycles. The monoisotopic (exact) mass is 189 g/mol. The highest BCUT2D eigenvalue weighted by Gasteiger charge is 2.25. The Morgan fingerprint density at radius 2 is 2.25 bits per heavy atom. The van der Waals surface area contributed by atoms with Crippen molar-refractivity contribution >= 4 is 14.2 Å². The second kappa shape index (κ2) is 5.63. The van der Waals surface area contributed by atoms with Gasteiger partial charge in [-0.2, -0.15) is 4.52 Å². The second-order valence-corrected chi connectivity index (χ2v) is 2.86. The van der Waals surface area contributed by atoms with E-state index >= 15 is 0 Å². The maximum atomic E-state index is 10.7. The van der Waals surface area contributed by atoms with Gasteiger partial charge in [0.1, 0.15) is 6.61 Å². The maximum absolute atomic E-state index is 10.7. The Balaban J connectivity index is 3.76. The van der Waals surface area contributed by atoms with E-state index in [9.17, 15) is 9.36 Å². The van der Waals surface area contributed by atoms with Crippen LogP contribution in [-0.2, 0) is 18.4 Å². The summed E-state index contributed by atoms with van der Waals surface area (Å²) in [6.45, 7) is 8.18. The van der Waals surface area contributed by atoms with Gasteiger partial charge >= 0.3 is 14.2 Å². The molecule has 0 spiro atoms. The minimum absolute atomic E-state index is 0.0820. The minimum atomic E-state index is -2.39. The first-order valence-corrected chi connectivity index (χ1v) is 4.26. The Morgan fingerprint density at radius 1 is 1.67 bits per heavy atom. The van der Waals surface area contributed by atoms with E-state index in [0.29, 0.717) is 0 Å². The quantitative estimate of drug-likeness (QED) is 0.377. The summed E-state index contributed by atoms with van der Waals surface area (Å²) in [6, 6.07) is 0. The first kappa shape index (κ1) is 11.0. The van der Waals surface area contributed by atoms with Crippen LogP contribution in [-0.4, -0.2) is 12.6 Å². The van der Waals surface area contributed by atoms with Crippen LogP contribution in [0.15, 0.2) is 24.8 Å². The molecule has 0 aliphatic carbocycles. The molecule has 0 saturated heterocycles. The molecule has 0 aliphatic heterocycles. The fourth-order valence-electron chi connectivity index (χ4n) is 0.286. The van der Waals surface area contributed by atoms with E-state index < -0.39 is 14.2 Å². The molecule has 0 aromatic rings. The summed E-state index contributed by atoms with van der Waals surface area (Å²) in [5, 5.41) is 0. The molecule has 0 heterocycles. The Kier molecular flexibility index (Phi) is 5.17. The van der Waals surface area contributed by atoms with Crippen molar-refractivity contribution in [3.05, 3.63) is 24.8 Å². The summed E-state index contributed by atoms with van der Waals surface area (Å²) in [7, 11) is -2.39. The normalized spacial score (nSPS) is 10.2. The fraction of sp³-hybridized carbons (Fsp3) is 0.286. The number of rotatable bonds is 5. The first-order valence-electron chi connectivity index (χ1n) is 3.16. The highest BCUT2D eigenvalue weighted by molar-refractivity contribution is 7.34. The molecule has 0 rings (SSSR count). The topological polar surface area (TPSA) is 52.6 Å². The molecule has 5 heteroatoms. The van der Waals surface area contributed by atoms with Gasteiger partial charge in [0.2, 0.25) is 0 Å². The largest absolute Gasteiger partial charge is 0.753 e. The zero-order valence-corrected chi connectivity index (χ0v) is 7.67. The van der Waals surface area contributed by atoms with Gasteiger partial charge in [-0.25, -0.2) is 4.79 Å². The van der Waals surface area contributed by atoms with Crippen molar-refractivity contribution in [2.24, 2.45) is 0 Å². The molecule has 0 fully saturated rings. The average molecular weight is 189 g/mol. The maximum Gasteiger partial charge on any atom is 0.753 e. The molecule has 0 bridgehead atoms. The molecule has 1 atom stereocenters. The molecule has 1 unspecified atom stereocenters. The summed E-state index contributed by atoms with van der Waals surface area (Å²) in [4.78, 5) is 10.7. The lowest BCUT2D eigenvalue weighted by Crippen LogP contribution is -1.99. The Bertz CT molecular complexity index is 221. The molecular weight excluding hydrogens is 179 g/mol. The van der Waals surface area contributed by atoms with Crippen molar-refractivity contribution in [3.8, 4) is 0 Å².